The SMILES string of the molecule is COC(=O)c1nn(C)c(I)c1C(=O)OC. The monoisotopic (exact) mass is 324 g/mol. The number of carbonyl (C=O) groups excluding carboxylic acids is 2. The molecule has 0 aromatic carbocycles. The van der Waals surface area contributed by atoms with Crippen LogP contribution in [-0.4, -0.2) is 35.9 Å². The maximum atomic E-state index is 11.4. The number of carbonyl (C=O) groups is 2. The fourth-order valence-electron chi connectivity index (χ4n) is 1.03. The van der Waals surface area contributed by atoms with Crippen LogP contribution in [0.4, 0.5) is 0 Å². The first-order chi connectivity index (χ1) is 7.02. The largest absolute Gasteiger partial charge is 0.465 e. The van der Waals surface area contributed by atoms with Gasteiger partial charge in [0.25, 0.3) is 0 Å². The lowest BCUT2D eigenvalue weighted by Gasteiger charge is -1.99. The second kappa shape index (κ2) is 4.60. The number of halogens is 1. The number of hydrogen-bond acceptors (Lipinski definition) is 5. The molecule has 0 amide bonds. The van der Waals surface area contributed by atoms with Crippen LogP contribution in [-0.2, 0) is 16.5 Å². The summed E-state index contributed by atoms with van der Waals surface area (Å²) in [6.07, 6.45) is 0. The molecule has 0 atom stereocenters. The van der Waals surface area contributed by atoms with Crippen LogP contribution in [0.1, 0.15) is 20.8 Å². The summed E-state index contributed by atoms with van der Waals surface area (Å²) in [5, 5.41) is 3.88. The van der Waals surface area contributed by atoms with Crippen molar-refractivity contribution >= 4 is 34.5 Å². The molecule has 1 aromatic heterocycles. The summed E-state index contributed by atoms with van der Waals surface area (Å²) in [5.41, 5.74) is 0.101. The number of hydrogen-bond donors (Lipinski definition) is 0. The number of rotatable bonds is 2. The van der Waals surface area contributed by atoms with E-state index in [2.05, 4.69) is 14.6 Å². The second-order valence-corrected chi connectivity index (χ2v) is 3.64. The quantitative estimate of drug-likeness (QED) is 0.588. The van der Waals surface area contributed by atoms with Crippen LogP contribution in [0.2, 0.25) is 0 Å². The van der Waals surface area contributed by atoms with E-state index in [0.717, 1.165) is 0 Å². The van der Waals surface area contributed by atoms with Gasteiger partial charge in [0.2, 0.25) is 0 Å². The van der Waals surface area contributed by atoms with Gasteiger partial charge in [-0.3, -0.25) is 4.68 Å². The predicted octanol–water partition coefficient (Wildman–Crippen LogP) is 0.598. The topological polar surface area (TPSA) is 70.4 Å². The van der Waals surface area contributed by atoms with Gasteiger partial charge in [-0.25, -0.2) is 9.59 Å². The van der Waals surface area contributed by atoms with Gasteiger partial charge in [-0.1, -0.05) is 0 Å². The van der Waals surface area contributed by atoms with E-state index in [-0.39, 0.29) is 11.3 Å². The Morgan fingerprint density at radius 1 is 1.27 bits per heavy atom. The highest BCUT2D eigenvalue weighted by Gasteiger charge is 2.26. The van der Waals surface area contributed by atoms with Crippen molar-refractivity contribution in [2.24, 2.45) is 7.05 Å². The van der Waals surface area contributed by atoms with Crippen LogP contribution in [0.3, 0.4) is 0 Å². The van der Waals surface area contributed by atoms with Gasteiger partial charge in [0.05, 0.1) is 14.2 Å². The summed E-state index contributed by atoms with van der Waals surface area (Å²) in [6, 6.07) is 0. The maximum absolute atomic E-state index is 11.4. The van der Waals surface area contributed by atoms with Crippen molar-refractivity contribution in [1.29, 1.82) is 0 Å². The van der Waals surface area contributed by atoms with Gasteiger partial charge >= 0.3 is 11.9 Å². The van der Waals surface area contributed by atoms with E-state index in [0.29, 0.717) is 3.70 Å². The normalized spacial score (nSPS) is 9.87. The lowest BCUT2D eigenvalue weighted by molar-refractivity contribution is 0.0551. The molecule has 0 aliphatic carbocycles. The Kier molecular flexibility index (Phi) is 3.66. The zero-order chi connectivity index (χ0) is 11.6. The highest BCUT2D eigenvalue weighted by atomic mass is 127. The van der Waals surface area contributed by atoms with E-state index in [1.165, 1.54) is 18.9 Å². The first-order valence-corrected chi connectivity index (χ1v) is 5.00. The molecule has 0 fully saturated rings. The molecular weight excluding hydrogens is 315 g/mol. The van der Waals surface area contributed by atoms with Gasteiger partial charge in [-0.15, -0.1) is 0 Å². The molecule has 82 valence electrons. The molecule has 0 radical (unpaired) electrons. The van der Waals surface area contributed by atoms with Crippen molar-refractivity contribution in [3.05, 3.63) is 15.0 Å². The second-order valence-electron chi connectivity index (χ2n) is 2.62. The Morgan fingerprint density at radius 2 is 1.80 bits per heavy atom. The number of nitrogens with zero attached hydrogens (tertiary/aromatic N) is 2. The third kappa shape index (κ3) is 2.11. The third-order valence-corrected chi connectivity index (χ3v) is 2.98. The minimum atomic E-state index is -0.658. The standard InChI is InChI=1S/C8H9IN2O4/c1-11-6(9)4(7(12)14-2)5(10-11)8(13)15-3/h1-3H3. The van der Waals surface area contributed by atoms with E-state index in [9.17, 15) is 9.59 Å². The van der Waals surface area contributed by atoms with E-state index in [1.54, 1.807) is 7.05 Å². The Morgan fingerprint density at radius 3 is 2.27 bits per heavy atom. The average Bonchev–Trinajstić information content (AvgIpc) is 2.53. The fourth-order valence-corrected chi connectivity index (χ4v) is 1.61. The van der Waals surface area contributed by atoms with Gasteiger partial charge < -0.3 is 9.47 Å². The summed E-state index contributed by atoms with van der Waals surface area (Å²) in [5.74, 6) is -1.26. The lowest BCUT2D eigenvalue weighted by atomic mass is 10.2. The number of methoxy groups -OCH3 is 2. The van der Waals surface area contributed by atoms with Gasteiger partial charge in [-0.05, 0) is 22.6 Å². The molecule has 15 heavy (non-hydrogen) atoms. The van der Waals surface area contributed by atoms with E-state index in [1.807, 2.05) is 22.6 Å². The summed E-state index contributed by atoms with van der Waals surface area (Å²) in [4.78, 5) is 22.7. The summed E-state index contributed by atoms with van der Waals surface area (Å²) >= 11 is 1.91. The molecule has 0 N–H and O–H groups in total. The van der Waals surface area contributed by atoms with Crippen LogP contribution in [0, 0.1) is 3.70 Å². The molecular formula is C8H9IN2O4. The Balaban J connectivity index is 3.33. The minimum absolute atomic E-state index is 0.0312. The molecule has 0 aliphatic heterocycles. The zero-order valence-corrected chi connectivity index (χ0v) is 10.6. The van der Waals surface area contributed by atoms with Gasteiger partial charge in [0, 0.05) is 7.05 Å². The molecule has 1 aromatic rings. The van der Waals surface area contributed by atoms with Crippen LogP contribution in [0.15, 0.2) is 0 Å². The van der Waals surface area contributed by atoms with Crippen molar-refractivity contribution in [2.45, 2.75) is 0 Å². The van der Waals surface area contributed by atoms with Crippen molar-refractivity contribution in [2.75, 3.05) is 14.2 Å². The van der Waals surface area contributed by atoms with Crippen molar-refractivity contribution in [3.8, 4) is 0 Å². The van der Waals surface area contributed by atoms with Crippen LogP contribution < -0.4 is 0 Å². The molecule has 6 nitrogen and oxygen atoms in total. The minimum Gasteiger partial charge on any atom is -0.465 e. The molecule has 1 rings (SSSR count). The van der Waals surface area contributed by atoms with E-state index in [4.69, 9.17) is 0 Å². The number of aryl methyl sites for hydroxylation is 1. The smallest absolute Gasteiger partial charge is 0.359 e. The highest BCUT2D eigenvalue weighted by molar-refractivity contribution is 14.1. The van der Waals surface area contributed by atoms with Crippen molar-refractivity contribution in [1.82, 2.24) is 9.78 Å². The number of aromatic nitrogens is 2. The van der Waals surface area contributed by atoms with Crippen molar-refractivity contribution in [3.63, 3.8) is 0 Å². The molecule has 0 unspecified atom stereocenters. The molecule has 0 saturated heterocycles. The Hall–Kier alpha value is -1.12. The Bertz CT molecular complexity index is 413. The van der Waals surface area contributed by atoms with Crippen LogP contribution >= 0.6 is 22.6 Å². The van der Waals surface area contributed by atoms with Gasteiger partial charge in [-0.2, -0.15) is 5.10 Å². The Labute approximate surface area is 99.7 Å². The van der Waals surface area contributed by atoms with Crippen molar-refractivity contribution < 1.29 is 19.1 Å². The summed E-state index contributed by atoms with van der Waals surface area (Å²) in [7, 11) is 4.10. The van der Waals surface area contributed by atoms with E-state index < -0.39 is 11.9 Å². The molecule has 1 heterocycles. The molecule has 0 spiro atoms. The fraction of sp³-hybridized carbons (Fsp3) is 0.375. The number of esters is 2. The van der Waals surface area contributed by atoms with Gasteiger partial charge in [0.15, 0.2) is 5.69 Å². The molecule has 0 saturated carbocycles. The molecule has 0 bridgehead atoms. The average molecular weight is 324 g/mol. The lowest BCUT2D eigenvalue weighted by Crippen LogP contribution is -2.11. The summed E-state index contributed by atoms with van der Waals surface area (Å²) in [6.45, 7) is 0. The predicted molar refractivity (Wildman–Crippen MR) is 58.6 cm³/mol. The zero-order valence-electron chi connectivity index (χ0n) is 8.41. The van der Waals surface area contributed by atoms with Crippen LogP contribution in [0.5, 0.6) is 0 Å². The first kappa shape index (κ1) is 12.0. The molecule has 0 aliphatic rings. The third-order valence-electron chi connectivity index (χ3n) is 1.75. The van der Waals surface area contributed by atoms with E-state index >= 15 is 0 Å². The number of ether oxygens (including phenoxy) is 2. The first-order valence-electron chi connectivity index (χ1n) is 3.92. The maximum Gasteiger partial charge on any atom is 0.359 e. The summed E-state index contributed by atoms with van der Waals surface area (Å²) < 4.78 is 11.0. The van der Waals surface area contributed by atoms with Gasteiger partial charge in [0.1, 0.15) is 9.26 Å². The highest BCUT2D eigenvalue weighted by Crippen LogP contribution is 2.17. The van der Waals surface area contributed by atoms with Crippen LogP contribution in [0.25, 0.3) is 0 Å². The molecule has 7 heteroatoms.